The summed E-state index contributed by atoms with van der Waals surface area (Å²) in [4.78, 5) is 31.8. The Bertz CT molecular complexity index is 1520. The van der Waals surface area contributed by atoms with Crippen molar-refractivity contribution in [1.29, 1.82) is 0 Å². The number of hydrogen-bond donors (Lipinski definition) is 0. The standard InChI is InChI=1S/C25H22F2N2O6S/c1-4-33-22(31)19-20-14-7-5-6-8-15(14)35-25(19,2)28-24-29(20)21(30)18(36-24)12-13-9-10-16(34-23(26)27)17(11-13)32-3/h5-12,19-20,23H,4H2,1-3H3/b18-12-/t19-,20+,25+/m1/s1. The molecular formula is C25H22F2N2O6S. The van der Waals surface area contributed by atoms with Gasteiger partial charge in [0.2, 0.25) is 5.72 Å². The van der Waals surface area contributed by atoms with Crippen LogP contribution in [0.1, 0.15) is 31.0 Å². The topological polar surface area (TPSA) is 88.4 Å². The first-order chi connectivity index (χ1) is 17.3. The number of thiazole rings is 1. The number of ether oxygens (including phenoxy) is 4. The minimum atomic E-state index is -3.00. The van der Waals surface area contributed by atoms with Crippen molar-refractivity contribution >= 4 is 23.4 Å². The Morgan fingerprint density at radius 3 is 2.78 bits per heavy atom. The largest absolute Gasteiger partial charge is 0.493 e. The van der Waals surface area contributed by atoms with Crippen molar-refractivity contribution in [2.24, 2.45) is 10.9 Å². The van der Waals surface area contributed by atoms with Gasteiger partial charge in [-0.25, -0.2) is 4.99 Å². The lowest BCUT2D eigenvalue weighted by Gasteiger charge is -2.44. The van der Waals surface area contributed by atoms with Crippen LogP contribution >= 0.6 is 11.3 Å². The molecule has 3 atom stereocenters. The highest BCUT2D eigenvalue weighted by Crippen LogP contribution is 2.47. The second-order valence-corrected chi connectivity index (χ2v) is 9.35. The first-order valence-electron chi connectivity index (χ1n) is 11.2. The van der Waals surface area contributed by atoms with Gasteiger partial charge in [-0.2, -0.15) is 8.78 Å². The Morgan fingerprint density at radius 1 is 1.28 bits per heavy atom. The molecule has 0 aliphatic carbocycles. The fourth-order valence-electron chi connectivity index (χ4n) is 4.66. The van der Waals surface area contributed by atoms with E-state index in [-0.39, 0.29) is 23.7 Å². The molecule has 0 saturated carbocycles. The molecule has 3 aromatic rings. The molecule has 2 bridgehead atoms. The van der Waals surface area contributed by atoms with E-state index in [1.807, 2.05) is 18.2 Å². The highest BCUT2D eigenvalue weighted by molar-refractivity contribution is 7.07. The number of aromatic nitrogens is 1. The van der Waals surface area contributed by atoms with E-state index < -0.39 is 30.3 Å². The average Bonchev–Trinajstić information content (AvgIpc) is 3.12. The van der Waals surface area contributed by atoms with Crippen LogP contribution in [0.3, 0.4) is 0 Å². The predicted octanol–water partition coefficient (Wildman–Crippen LogP) is 2.86. The summed E-state index contributed by atoms with van der Waals surface area (Å²) in [5.41, 5.74) is -0.385. The maximum atomic E-state index is 13.7. The number of esters is 1. The number of fused-ring (bicyclic) bond motifs is 6. The first kappa shape index (κ1) is 24.0. The summed E-state index contributed by atoms with van der Waals surface area (Å²) in [5, 5.41) is 0. The number of nitrogens with zero attached hydrogens (tertiary/aromatic N) is 2. The number of rotatable bonds is 6. The molecule has 0 fully saturated rings. The Hall–Kier alpha value is -3.73. The molecule has 11 heteroatoms. The summed E-state index contributed by atoms with van der Waals surface area (Å²) >= 11 is 1.15. The van der Waals surface area contributed by atoms with Crippen molar-refractivity contribution in [2.75, 3.05) is 13.7 Å². The summed E-state index contributed by atoms with van der Waals surface area (Å²) in [6.45, 7) is 0.604. The summed E-state index contributed by atoms with van der Waals surface area (Å²) in [6.07, 6.45) is 1.61. The molecule has 0 unspecified atom stereocenters. The maximum Gasteiger partial charge on any atom is 0.387 e. The number of alkyl halides is 2. The Kier molecular flexibility index (Phi) is 6.03. The molecule has 2 aliphatic heterocycles. The average molecular weight is 517 g/mol. The van der Waals surface area contributed by atoms with E-state index in [9.17, 15) is 18.4 Å². The molecule has 0 radical (unpaired) electrons. The van der Waals surface area contributed by atoms with Crippen LogP contribution in [-0.2, 0) is 9.53 Å². The Labute approximate surface area is 208 Å². The molecule has 36 heavy (non-hydrogen) atoms. The number of carbonyl (C=O) groups is 1. The Morgan fingerprint density at radius 2 is 2.06 bits per heavy atom. The number of hydrogen-bond acceptors (Lipinski definition) is 8. The highest BCUT2D eigenvalue weighted by atomic mass is 32.1. The number of halogens is 2. The van der Waals surface area contributed by atoms with E-state index in [1.165, 1.54) is 23.8 Å². The summed E-state index contributed by atoms with van der Waals surface area (Å²) in [6, 6.07) is 10.9. The van der Waals surface area contributed by atoms with Crippen LogP contribution < -0.4 is 29.1 Å². The smallest absolute Gasteiger partial charge is 0.387 e. The molecule has 2 aliphatic rings. The zero-order valence-electron chi connectivity index (χ0n) is 19.6. The SMILES string of the molecule is CCOC(=O)[C@H]1[C@@H]2c3ccccc3O[C@]1(C)N=c1s/c(=C\c3ccc(OC(F)F)c(OC)c3)c(=O)n12. The predicted molar refractivity (Wildman–Crippen MR) is 126 cm³/mol. The third-order valence-electron chi connectivity index (χ3n) is 6.12. The van der Waals surface area contributed by atoms with Gasteiger partial charge < -0.3 is 18.9 Å². The molecule has 5 rings (SSSR count). The minimum absolute atomic E-state index is 0.100. The van der Waals surface area contributed by atoms with Crippen LogP contribution in [0.5, 0.6) is 17.2 Å². The normalized spacial score (nSPS) is 22.2. The van der Waals surface area contributed by atoms with Crippen molar-refractivity contribution in [2.45, 2.75) is 32.2 Å². The van der Waals surface area contributed by atoms with Crippen LogP contribution in [0, 0.1) is 5.92 Å². The van der Waals surface area contributed by atoms with Crippen LogP contribution in [0.2, 0.25) is 0 Å². The zero-order chi connectivity index (χ0) is 25.6. The molecule has 1 aromatic heterocycles. The van der Waals surface area contributed by atoms with Gasteiger partial charge in [-0.05, 0) is 43.7 Å². The maximum absolute atomic E-state index is 13.7. The third-order valence-corrected chi connectivity index (χ3v) is 7.10. The van der Waals surface area contributed by atoms with E-state index in [4.69, 9.17) is 19.2 Å². The van der Waals surface area contributed by atoms with E-state index in [0.29, 0.717) is 26.2 Å². The second kappa shape index (κ2) is 9.05. The van der Waals surface area contributed by atoms with Gasteiger partial charge in [0.15, 0.2) is 16.3 Å². The van der Waals surface area contributed by atoms with Gasteiger partial charge >= 0.3 is 12.6 Å². The van der Waals surface area contributed by atoms with Crippen LogP contribution in [0.25, 0.3) is 6.08 Å². The van der Waals surface area contributed by atoms with Crippen LogP contribution in [0.4, 0.5) is 8.78 Å². The summed E-state index contributed by atoms with van der Waals surface area (Å²) in [5.74, 6) is -0.844. The van der Waals surface area contributed by atoms with Crippen molar-refractivity contribution in [1.82, 2.24) is 4.57 Å². The quantitative estimate of drug-likeness (QED) is 0.469. The van der Waals surface area contributed by atoms with Gasteiger partial charge in [0, 0.05) is 5.56 Å². The zero-order valence-corrected chi connectivity index (χ0v) is 20.4. The monoisotopic (exact) mass is 516 g/mol. The summed E-state index contributed by atoms with van der Waals surface area (Å²) < 4.78 is 48.3. The second-order valence-electron chi connectivity index (χ2n) is 8.34. The van der Waals surface area contributed by atoms with Gasteiger partial charge in [-0.1, -0.05) is 35.6 Å². The Balaban J connectivity index is 1.68. The number of para-hydroxylation sites is 1. The van der Waals surface area contributed by atoms with E-state index >= 15 is 0 Å². The van der Waals surface area contributed by atoms with Crippen LogP contribution in [-0.4, -0.2) is 36.6 Å². The molecule has 8 nitrogen and oxygen atoms in total. The molecule has 0 amide bonds. The molecule has 3 heterocycles. The van der Waals surface area contributed by atoms with E-state index in [2.05, 4.69) is 4.74 Å². The van der Waals surface area contributed by atoms with Gasteiger partial charge in [0.1, 0.15) is 11.7 Å². The van der Waals surface area contributed by atoms with Crippen molar-refractivity contribution in [3.05, 3.63) is 73.3 Å². The first-order valence-corrected chi connectivity index (χ1v) is 12.0. The number of benzene rings is 2. The van der Waals surface area contributed by atoms with Gasteiger partial charge in [-0.3, -0.25) is 14.2 Å². The molecule has 0 saturated heterocycles. The fraction of sp³-hybridized carbons (Fsp3) is 0.320. The lowest BCUT2D eigenvalue weighted by atomic mass is 9.81. The lowest BCUT2D eigenvalue weighted by Crippen LogP contribution is -2.58. The lowest BCUT2D eigenvalue weighted by molar-refractivity contribution is -0.160. The van der Waals surface area contributed by atoms with Crippen molar-refractivity contribution in [3.63, 3.8) is 0 Å². The van der Waals surface area contributed by atoms with Gasteiger partial charge in [-0.15, -0.1) is 0 Å². The molecular weight excluding hydrogens is 494 g/mol. The molecule has 2 aromatic carbocycles. The minimum Gasteiger partial charge on any atom is -0.493 e. The van der Waals surface area contributed by atoms with E-state index in [0.717, 1.165) is 11.3 Å². The summed E-state index contributed by atoms with van der Waals surface area (Å²) in [7, 11) is 1.34. The molecule has 0 N–H and O–H groups in total. The van der Waals surface area contributed by atoms with Crippen molar-refractivity contribution < 1.29 is 32.5 Å². The van der Waals surface area contributed by atoms with E-state index in [1.54, 1.807) is 32.1 Å². The highest BCUT2D eigenvalue weighted by Gasteiger charge is 2.55. The third kappa shape index (κ3) is 3.93. The number of methoxy groups -OCH3 is 1. The molecule has 188 valence electrons. The number of carbonyl (C=O) groups excluding carboxylic acids is 1. The molecule has 0 spiro atoms. The van der Waals surface area contributed by atoms with Crippen LogP contribution in [0.15, 0.2) is 52.3 Å². The van der Waals surface area contributed by atoms with Gasteiger partial charge in [0.25, 0.3) is 5.56 Å². The van der Waals surface area contributed by atoms with Gasteiger partial charge in [0.05, 0.1) is 24.3 Å². The fourth-order valence-corrected chi connectivity index (χ4v) is 5.75. The van der Waals surface area contributed by atoms with Crippen molar-refractivity contribution in [3.8, 4) is 17.2 Å².